The van der Waals surface area contributed by atoms with E-state index in [1.807, 2.05) is 60.7 Å². The summed E-state index contributed by atoms with van der Waals surface area (Å²) >= 11 is 6.07. The maximum atomic E-state index is 13.5. The molecular weight excluding hydrogens is 443 g/mol. The number of halogens is 2. The number of benzene rings is 3. The molecule has 2 heterocycles. The molecule has 3 aromatic carbocycles. The molecule has 33 heavy (non-hydrogen) atoms. The number of rotatable bonds is 5. The zero-order chi connectivity index (χ0) is 22.8. The number of allylic oxidation sites excluding steroid dienone is 1. The van der Waals surface area contributed by atoms with Gasteiger partial charge in [-0.25, -0.2) is 4.39 Å². The molecule has 0 fully saturated rings. The van der Waals surface area contributed by atoms with E-state index in [9.17, 15) is 9.18 Å². The third-order valence-electron chi connectivity index (χ3n) is 5.28. The van der Waals surface area contributed by atoms with Gasteiger partial charge in [0.05, 0.1) is 5.70 Å². The average molecular weight is 461 g/mol. The number of tetrazole rings is 1. The standard InChI is InChI=1S/C24H18ClFN6O/c25-18-11-9-17(10-12-18)22-14-21(16-5-2-1-3-6-16)31(24-28-29-30-32(22)24)15-23(33)27-20-8-4-7-19(26)13-20/h1-14,22H,15H2,(H,27,33)/t22-/m1/s1. The number of carbonyl (C=O) groups excluding carboxylic acids is 1. The van der Waals surface area contributed by atoms with Crippen LogP contribution in [0.2, 0.25) is 5.02 Å². The number of hydrogen-bond acceptors (Lipinski definition) is 5. The summed E-state index contributed by atoms with van der Waals surface area (Å²) in [4.78, 5) is 14.6. The summed E-state index contributed by atoms with van der Waals surface area (Å²) in [5, 5.41) is 15.6. The predicted octanol–water partition coefficient (Wildman–Crippen LogP) is 4.55. The minimum absolute atomic E-state index is 0.0645. The van der Waals surface area contributed by atoms with Crippen molar-refractivity contribution in [2.45, 2.75) is 6.04 Å². The molecule has 4 aromatic rings. The Morgan fingerprint density at radius 3 is 2.58 bits per heavy atom. The molecule has 0 saturated heterocycles. The topological polar surface area (TPSA) is 75.9 Å². The van der Waals surface area contributed by atoms with Crippen molar-refractivity contribution in [1.29, 1.82) is 0 Å². The lowest BCUT2D eigenvalue weighted by Crippen LogP contribution is -2.37. The van der Waals surface area contributed by atoms with Crippen LogP contribution in [0.15, 0.2) is 84.9 Å². The fourth-order valence-corrected chi connectivity index (χ4v) is 3.92. The number of fused-ring (bicyclic) bond motifs is 1. The lowest BCUT2D eigenvalue weighted by Gasteiger charge is -2.32. The Hall–Kier alpha value is -4.04. The molecule has 164 valence electrons. The van der Waals surface area contributed by atoms with Crippen LogP contribution in [0.25, 0.3) is 5.70 Å². The van der Waals surface area contributed by atoms with E-state index >= 15 is 0 Å². The molecule has 0 radical (unpaired) electrons. The first-order chi connectivity index (χ1) is 16.1. The van der Waals surface area contributed by atoms with Crippen LogP contribution in [0.3, 0.4) is 0 Å². The van der Waals surface area contributed by atoms with Gasteiger partial charge in [-0.3, -0.25) is 9.69 Å². The molecule has 1 atom stereocenters. The Morgan fingerprint density at radius 1 is 1.03 bits per heavy atom. The van der Waals surface area contributed by atoms with E-state index in [-0.39, 0.29) is 18.5 Å². The van der Waals surface area contributed by atoms with Crippen LogP contribution in [0.5, 0.6) is 0 Å². The lowest BCUT2D eigenvalue weighted by molar-refractivity contribution is -0.114. The van der Waals surface area contributed by atoms with E-state index < -0.39 is 5.82 Å². The molecule has 5 rings (SSSR count). The molecule has 1 aromatic heterocycles. The van der Waals surface area contributed by atoms with Gasteiger partial charge in [-0.2, -0.15) is 4.68 Å². The molecule has 9 heteroatoms. The van der Waals surface area contributed by atoms with Crippen LogP contribution in [0.1, 0.15) is 17.2 Å². The predicted molar refractivity (Wildman–Crippen MR) is 124 cm³/mol. The van der Waals surface area contributed by atoms with E-state index in [1.165, 1.54) is 12.1 Å². The quantitative estimate of drug-likeness (QED) is 0.472. The third kappa shape index (κ3) is 4.33. The largest absolute Gasteiger partial charge is 0.324 e. The summed E-state index contributed by atoms with van der Waals surface area (Å²) in [6.07, 6.45) is 2.01. The van der Waals surface area contributed by atoms with Gasteiger partial charge in [0.15, 0.2) is 0 Å². The van der Waals surface area contributed by atoms with Crippen molar-refractivity contribution >= 4 is 34.8 Å². The summed E-state index contributed by atoms with van der Waals surface area (Å²) in [6, 6.07) is 22.6. The Morgan fingerprint density at radius 2 is 1.82 bits per heavy atom. The maximum absolute atomic E-state index is 13.5. The van der Waals surface area contributed by atoms with Gasteiger partial charge < -0.3 is 5.32 Å². The molecule has 0 bridgehead atoms. The van der Waals surface area contributed by atoms with E-state index in [1.54, 1.807) is 21.7 Å². The van der Waals surface area contributed by atoms with Crippen molar-refractivity contribution in [3.05, 3.63) is 107 Å². The van der Waals surface area contributed by atoms with E-state index in [2.05, 4.69) is 20.8 Å². The Labute approximate surface area is 194 Å². The SMILES string of the molecule is O=C(CN1C(c2ccccc2)=C[C@H](c2ccc(Cl)cc2)n2nnnc21)Nc1cccc(F)c1. The summed E-state index contributed by atoms with van der Waals surface area (Å²) in [5.41, 5.74) is 3.02. The molecule has 1 amide bonds. The molecule has 0 spiro atoms. The van der Waals surface area contributed by atoms with Gasteiger partial charge in [0.2, 0.25) is 5.91 Å². The van der Waals surface area contributed by atoms with Gasteiger partial charge in [-0.1, -0.05) is 65.2 Å². The average Bonchev–Trinajstić information content (AvgIpc) is 3.31. The van der Waals surface area contributed by atoms with E-state index in [0.29, 0.717) is 16.7 Å². The van der Waals surface area contributed by atoms with Gasteiger partial charge in [-0.15, -0.1) is 0 Å². The highest BCUT2D eigenvalue weighted by molar-refractivity contribution is 6.30. The summed E-state index contributed by atoms with van der Waals surface area (Å²) < 4.78 is 15.2. The first-order valence-corrected chi connectivity index (χ1v) is 10.6. The Bertz CT molecular complexity index is 1320. The van der Waals surface area contributed by atoms with Crippen LogP contribution in [0, 0.1) is 5.82 Å². The molecule has 1 aliphatic heterocycles. The van der Waals surface area contributed by atoms with E-state index in [4.69, 9.17) is 11.6 Å². The lowest BCUT2D eigenvalue weighted by atomic mass is 10.0. The summed E-state index contributed by atoms with van der Waals surface area (Å²) in [6.45, 7) is -0.0645. The highest BCUT2D eigenvalue weighted by atomic mass is 35.5. The van der Waals surface area contributed by atoms with Gasteiger partial charge in [0, 0.05) is 10.7 Å². The van der Waals surface area contributed by atoms with Gasteiger partial charge in [0.25, 0.3) is 5.95 Å². The van der Waals surface area contributed by atoms with Gasteiger partial charge >= 0.3 is 0 Å². The molecule has 7 nitrogen and oxygen atoms in total. The molecule has 0 aliphatic carbocycles. The number of nitrogens with one attached hydrogen (secondary N) is 1. The van der Waals surface area contributed by atoms with E-state index in [0.717, 1.165) is 16.8 Å². The van der Waals surface area contributed by atoms with Crippen LogP contribution >= 0.6 is 11.6 Å². The van der Waals surface area contributed by atoms with Crippen LogP contribution in [-0.2, 0) is 4.79 Å². The smallest absolute Gasteiger partial charge is 0.251 e. The summed E-state index contributed by atoms with van der Waals surface area (Å²) in [7, 11) is 0. The molecule has 0 unspecified atom stereocenters. The normalized spacial score (nSPS) is 15.0. The van der Waals surface area contributed by atoms with Gasteiger partial charge in [0.1, 0.15) is 18.4 Å². The minimum Gasteiger partial charge on any atom is -0.324 e. The first kappa shape index (κ1) is 20.8. The fourth-order valence-electron chi connectivity index (χ4n) is 3.79. The van der Waals surface area contributed by atoms with Crippen LogP contribution < -0.4 is 10.2 Å². The number of aromatic nitrogens is 4. The number of anilines is 2. The van der Waals surface area contributed by atoms with Crippen molar-refractivity contribution in [2.75, 3.05) is 16.8 Å². The fraction of sp³-hybridized carbons (Fsp3) is 0.0833. The highest BCUT2D eigenvalue weighted by Crippen LogP contribution is 2.36. The van der Waals surface area contributed by atoms with Gasteiger partial charge in [-0.05, 0) is 58.0 Å². The highest BCUT2D eigenvalue weighted by Gasteiger charge is 2.31. The molecule has 1 aliphatic rings. The Balaban J connectivity index is 1.53. The first-order valence-electron chi connectivity index (χ1n) is 10.2. The van der Waals surface area contributed by atoms with Crippen molar-refractivity contribution < 1.29 is 9.18 Å². The van der Waals surface area contributed by atoms with Crippen LogP contribution in [-0.4, -0.2) is 32.7 Å². The second-order valence-corrected chi connectivity index (χ2v) is 7.92. The zero-order valence-electron chi connectivity index (χ0n) is 17.3. The molecule has 1 N–H and O–H groups in total. The van der Waals surface area contributed by atoms with Crippen molar-refractivity contribution in [3.8, 4) is 0 Å². The monoisotopic (exact) mass is 460 g/mol. The minimum atomic E-state index is -0.426. The third-order valence-corrected chi connectivity index (χ3v) is 5.53. The number of nitrogens with zero attached hydrogens (tertiary/aromatic N) is 5. The van der Waals surface area contributed by atoms with Crippen molar-refractivity contribution in [3.63, 3.8) is 0 Å². The molecular formula is C24H18ClFN6O. The number of carbonyl (C=O) groups is 1. The number of amides is 1. The second kappa shape index (κ2) is 8.84. The molecule has 0 saturated carbocycles. The zero-order valence-corrected chi connectivity index (χ0v) is 18.0. The maximum Gasteiger partial charge on any atom is 0.251 e. The summed E-state index contributed by atoms with van der Waals surface area (Å²) in [5.74, 6) is -0.335. The Kier molecular flexibility index (Phi) is 5.58. The van der Waals surface area contributed by atoms with Crippen molar-refractivity contribution in [2.24, 2.45) is 0 Å². The second-order valence-electron chi connectivity index (χ2n) is 7.48. The number of hydrogen-bond donors (Lipinski definition) is 1. The van der Waals surface area contributed by atoms with Crippen molar-refractivity contribution in [1.82, 2.24) is 20.2 Å². The van der Waals surface area contributed by atoms with Crippen LogP contribution in [0.4, 0.5) is 16.0 Å².